The molecular formula is C16H27N. The summed E-state index contributed by atoms with van der Waals surface area (Å²) in [7, 11) is 0. The first-order chi connectivity index (χ1) is 8.11. The Labute approximate surface area is 107 Å². The number of benzene rings is 1. The van der Waals surface area contributed by atoms with Gasteiger partial charge in [0.2, 0.25) is 0 Å². The van der Waals surface area contributed by atoms with E-state index in [4.69, 9.17) is 0 Å². The van der Waals surface area contributed by atoms with Gasteiger partial charge < -0.3 is 5.32 Å². The van der Waals surface area contributed by atoms with Crippen molar-refractivity contribution in [3.05, 3.63) is 35.9 Å². The maximum atomic E-state index is 3.69. The molecule has 0 saturated heterocycles. The van der Waals surface area contributed by atoms with Gasteiger partial charge in [0.05, 0.1) is 0 Å². The quantitative estimate of drug-likeness (QED) is 0.705. The summed E-state index contributed by atoms with van der Waals surface area (Å²) >= 11 is 0. The van der Waals surface area contributed by atoms with E-state index in [0.717, 1.165) is 6.54 Å². The maximum Gasteiger partial charge on any atom is 0.0113 e. The number of hydrogen-bond acceptors (Lipinski definition) is 1. The van der Waals surface area contributed by atoms with Gasteiger partial charge in [-0.15, -0.1) is 0 Å². The maximum absolute atomic E-state index is 3.69. The molecule has 0 heterocycles. The van der Waals surface area contributed by atoms with Gasteiger partial charge in [0.1, 0.15) is 0 Å². The molecule has 1 nitrogen and oxygen atoms in total. The third kappa shape index (κ3) is 5.36. The highest BCUT2D eigenvalue weighted by Gasteiger charge is 2.15. The minimum Gasteiger partial charge on any atom is -0.313 e. The van der Waals surface area contributed by atoms with Gasteiger partial charge in [0, 0.05) is 6.04 Å². The van der Waals surface area contributed by atoms with Crippen molar-refractivity contribution in [3.8, 4) is 0 Å². The molecule has 0 aliphatic heterocycles. The number of aryl methyl sites for hydroxylation is 1. The van der Waals surface area contributed by atoms with Crippen LogP contribution < -0.4 is 5.32 Å². The molecule has 0 saturated carbocycles. The second-order valence-corrected chi connectivity index (χ2v) is 5.56. The minimum absolute atomic E-state index is 0.644. The van der Waals surface area contributed by atoms with Crippen molar-refractivity contribution < 1.29 is 0 Å². The Kier molecular flexibility index (Phi) is 6.28. The largest absolute Gasteiger partial charge is 0.313 e. The number of rotatable bonds is 7. The topological polar surface area (TPSA) is 12.0 Å². The monoisotopic (exact) mass is 233 g/mol. The summed E-state index contributed by atoms with van der Waals surface area (Å²) in [5.41, 5.74) is 1.44. The van der Waals surface area contributed by atoms with Gasteiger partial charge in [-0.2, -0.15) is 0 Å². The van der Waals surface area contributed by atoms with Crippen molar-refractivity contribution in [2.75, 3.05) is 6.54 Å². The summed E-state index contributed by atoms with van der Waals surface area (Å²) in [6.45, 7) is 10.3. The van der Waals surface area contributed by atoms with E-state index in [2.05, 4.69) is 63.3 Å². The van der Waals surface area contributed by atoms with Gasteiger partial charge in [0.25, 0.3) is 0 Å². The summed E-state index contributed by atoms with van der Waals surface area (Å²) in [5, 5.41) is 3.69. The van der Waals surface area contributed by atoms with Gasteiger partial charge in [-0.05, 0) is 36.8 Å². The summed E-state index contributed by atoms with van der Waals surface area (Å²) in [4.78, 5) is 0. The average molecular weight is 233 g/mol. The summed E-state index contributed by atoms with van der Waals surface area (Å²) in [5.74, 6) is 1.43. The predicted molar refractivity (Wildman–Crippen MR) is 76.2 cm³/mol. The zero-order valence-electron chi connectivity index (χ0n) is 11.7. The van der Waals surface area contributed by atoms with E-state index in [-0.39, 0.29) is 0 Å². The first kappa shape index (κ1) is 14.2. The lowest BCUT2D eigenvalue weighted by molar-refractivity contribution is 0.314. The van der Waals surface area contributed by atoms with Crippen LogP contribution in [-0.2, 0) is 6.42 Å². The molecule has 0 amide bonds. The van der Waals surface area contributed by atoms with Gasteiger partial charge in [0.15, 0.2) is 0 Å². The Morgan fingerprint density at radius 2 is 1.53 bits per heavy atom. The van der Waals surface area contributed by atoms with E-state index < -0.39 is 0 Å². The molecule has 0 bridgehead atoms. The number of hydrogen-bond donors (Lipinski definition) is 1. The van der Waals surface area contributed by atoms with Crippen LogP contribution in [0.1, 0.15) is 39.7 Å². The summed E-state index contributed by atoms with van der Waals surface area (Å²) < 4.78 is 0. The SMILES string of the molecule is CC(C)C(NCCCc1ccccc1)C(C)C. The lowest BCUT2D eigenvalue weighted by atomic mass is 9.93. The third-order valence-corrected chi connectivity index (χ3v) is 3.30. The molecule has 1 rings (SSSR count). The molecule has 17 heavy (non-hydrogen) atoms. The normalized spacial score (nSPS) is 11.7. The van der Waals surface area contributed by atoms with E-state index in [0.29, 0.717) is 17.9 Å². The van der Waals surface area contributed by atoms with E-state index in [1.165, 1.54) is 18.4 Å². The Morgan fingerprint density at radius 3 is 2.06 bits per heavy atom. The zero-order valence-corrected chi connectivity index (χ0v) is 11.7. The number of nitrogens with one attached hydrogen (secondary N) is 1. The molecule has 0 fully saturated rings. The Hall–Kier alpha value is -0.820. The lowest BCUT2D eigenvalue weighted by Crippen LogP contribution is -2.38. The molecule has 0 atom stereocenters. The fraction of sp³-hybridized carbons (Fsp3) is 0.625. The van der Waals surface area contributed by atoms with Crippen LogP contribution in [0.25, 0.3) is 0 Å². The van der Waals surface area contributed by atoms with E-state index in [9.17, 15) is 0 Å². The minimum atomic E-state index is 0.644. The molecule has 0 aliphatic carbocycles. The van der Waals surface area contributed by atoms with Crippen LogP contribution in [0.5, 0.6) is 0 Å². The fourth-order valence-corrected chi connectivity index (χ4v) is 2.45. The molecule has 0 radical (unpaired) electrons. The molecule has 0 spiro atoms. The van der Waals surface area contributed by atoms with Gasteiger partial charge in [-0.25, -0.2) is 0 Å². The molecule has 1 aromatic carbocycles. The molecular weight excluding hydrogens is 206 g/mol. The molecule has 1 N–H and O–H groups in total. The van der Waals surface area contributed by atoms with Crippen LogP contribution in [0.4, 0.5) is 0 Å². The molecule has 0 unspecified atom stereocenters. The van der Waals surface area contributed by atoms with Crippen LogP contribution in [0.15, 0.2) is 30.3 Å². The van der Waals surface area contributed by atoms with Crippen molar-refractivity contribution in [2.24, 2.45) is 11.8 Å². The third-order valence-electron chi connectivity index (χ3n) is 3.30. The van der Waals surface area contributed by atoms with Crippen LogP contribution in [0.3, 0.4) is 0 Å². The summed E-state index contributed by atoms with van der Waals surface area (Å²) in [6, 6.07) is 11.4. The van der Waals surface area contributed by atoms with Crippen molar-refractivity contribution >= 4 is 0 Å². The predicted octanol–water partition coefficient (Wildman–Crippen LogP) is 3.89. The van der Waals surface area contributed by atoms with Crippen LogP contribution in [0.2, 0.25) is 0 Å². The van der Waals surface area contributed by atoms with Gasteiger partial charge >= 0.3 is 0 Å². The lowest BCUT2D eigenvalue weighted by Gasteiger charge is -2.26. The van der Waals surface area contributed by atoms with Crippen LogP contribution in [-0.4, -0.2) is 12.6 Å². The highest BCUT2D eigenvalue weighted by atomic mass is 14.9. The molecule has 1 heteroatoms. The molecule has 0 aromatic heterocycles. The first-order valence-corrected chi connectivity index (χ1v) is 6.88. The Morgan fingerprint density at radius 1 is 0.941 bits per heavy atom. The molecule has 0 aliphatic rings. The molecule has 96 valence electrons. The van der Waals surface area contributed by atoms with Crippen molar-refractivity contribution in [1.82, 2.24) is 5.32 Å². The smallest absolute Gasteiger partial charge is 0.0113 e. The highest BCUT2D eigenvalue weighted by Crippen LogP contribution is 2.12. The fourth-order valence-electron chi connectivity index (χ4n) is 2.45. The van der Waals surface area contributed by atoms with E-state index in [1.54, 1.807) is 0 Å². The second kappa shape index (κ2) is 7.50. The van der Waals surface area contributed by atoms with Crippen LogP contribution >= 0.6 is 0 Å². The van der Waals surface area contributed by atoms with Gasteiger partial charge in [-0.3, -0.25) is 0 Å². The Bertz CT molecular complexity index is 282. The Balaban J connectivity index is 2.23. The zero-order chi connectivity index (χ0) is 12.7. The standard InChI is InChI=1S/C16H27N/c1-13(2)16(14(3)4)17-12-8-11-15-9-6-5-7-10-15/h5-7,9-10,13-14,16-17H,8,11-12H2,1-4H3. The van der Waals surface area contributed by atoms with Crippen molar-refractivity contribution in [3.63, 3.8) is 0 Å². The van der Waals surface area contributed by atoms with Gasteiger partial charge in [-0.1, -0.05) is 58.0 Å². The van der Waals surface area contributed by atoms with Crippen LogP contribution in [0, 0.1) is 11.8 Å². The molecule has 1 aromatic rings. The average Bonchev–Trinajstić information content (AvgIpc) is 2.29. The van der Waals surface area contributed by atoms with Crippen molar-refractivity contribution in [2.45, 2.75) is 46.6 Å². The van der Waals surface area contributed by atoms with E-state index >= 15 is 0 Å². The first-order valence-electron chi connectivity index (χ1n) is 6.88. The van der Waals surface area contributed by atoms with E-state index in [1.807, 2.05) is 0 Å². The second-order valence-electron chi connectivity index (χ2n) is 5.56. The summed E-state index contributed by atoms with van der Waals surface area (Å²) in [6.07, 6.45) is 2.40. The van der Waals surface area contributed by atoms with Crippen molar-refractivity contribution in [1.29, 1.82) is 0 Å². The highest BCUT2D eigenvalue weighted by molar-refractivity contribution is 5.14.